The van der Waals surface area contributed by atoms with Crippen molar-refractivity contribution >= 4 is 11.8 Å². The molecule has 0 aromatic heterocycles. The third kappa shape index (κ3) is 3.75. The Bertz CT molecular complexity index is 347. The summed E-state index contributed by atoms with van der Waals surface area (Å²) in [6, 6.07) is 11.1. The first kappa shape index (κ1) is 13.0. The van der Waals surface area contributed by atoms with Crippen LogP contribution in [0.4, 0.5) is 0 Å². The largest absolute Gasteiger partial charge is 0.327 e. The summed E-state index contributed by atoms with van der Waals surface area (Å²) in [4.78, 5) is 0. The second-order valence-corrected chi connectivity index (χ2v) is 7.13. The van der Waals surface area contributed by atoms with E-state index in [0.29, 0.717) is 16.7 Å². The van der Waals surface area contributed by atoms with Gasteiger partial charge >= 0.3 is 0 Å². The highest BCUT2D eigenvalue weighted by atomic mass is 32.2. The van der Waals surface area contributed by atoms with Crippen LogP contribution >= 0.6 is 11.8 Å². The molecule has 1 saturated carbocycles. The van der Waals surface area contributed by atoms with Crippen LogP contribution in [-0.2, 0) is 5.75 Å². The normalized spacial score (nSPS) is 27.9. The Morgan fingerprint density at radius 2 is 2.00 bits per heavy atom. The molecule has 2 N–H and O–H groups in total. The van der Waals surface area contributed by atoms with Gasteiger partial charge in [0.1, 0.15) is 0 Å². The minimum absolute atomic E-state index is 0.386. The molecule has 1 nitrogen and oxygen atoms in total. The van der Waals surface area contributed by atoms with Crippen molar-refractivity contribution in [1.29, 1.82) is 0 Å². The summed E-state index contributed by atoms with van der Waals surface area (Å²) in [7, 11) is 0. The summed E-state index contributed by atoms with van der Waals surface area (Å²) in [5, 5.41) is 0.624. The molecule has 0 radical (unpaired) electrons. The van der Waals surface area contributed by atoms with Gasteiger partial charge in [0, 0.05) is 17.0 Å². The standard InChI is InChI=1S/C15H23NS/c1-15(2)9-8-13(16)14(10-15)17-11-12-6-4-3-5-7-12/h3-7,13-14H,8-11,16H2,1-2H3. The average molecular weight is 249 g/mol. The highest BCUT2D eigenvalue weighted by Gasteiger charge is 2.33. The van der Waals surface area contributed by atoms with Gasteiger partial charge in [-0.3, -0.25) is 0 Å². The van der Waals surface area contributed by atoms with Crippen molar-refractivity contribution in [2.75, 3.05) is 0 Å². The monoisotopic (exact) mass is 249 g/mol. The summed E-state index contributed by atoms with van der Waals surface area (Å²) in [5.74, 6) is 1.09. The Morgan fingerprint density at radius 3 is 2.71 bits per heavy atom. The van der Waals surface area contributed by atoms with E-state index in [4.69, 9.17) is 5.73 Å². The summed E-state index contributed by atoms with van der Waals surface area (Å²) in [6.07, 6.45) is 3.71. The Balaban J connectivity index is 1.89. The van der Waals surface area contributed by atoms with Crippen molar-refractivity contribution < 1.29 is 0 Å². The first-order chi connectivity index (χ1) is 8.07. The van der Waals surface area contributed by atoms with E-state index in [2.05, 4.69) is 44.2 Å². The van der Waals surface area contributed by atoms with Crippen LogP contribution in [0.15, 0.2) is 30.3 Å². The molecular formula is C15H23NS. The van der Waals surface area contributed by atoms with Gasteiger partial charge in [-0.25, -0.2) is 0 Å². The second kappa shape index (κ2) is 5.45. The summed E-state index contributed by atoms with van der Waals surface area (Å²) in [6.45, 7) is 4.74. The van der Waals surface area contributed by atoms with Crippen LogP contribution in [0.1, 0.15) is 38.7 Å². The predicted octanol–water partition coefficient (Wildman–Crippen LogP) is 3.83. The van der Waals surface area contributed by atoms with E-state index in [9.17, 15) is 0 Å². The third-order valence-electron chi connectivity index (χ3n) is 3.69. The van der Waals surface area contributed by atoms with Gasteiger partial charge in [0.15, 0.2) is 0 Å². The summed E-state index contributed by atoms with van der Waals surface area (Å²) >= 11 is 2.04. The molecular weight excluding hydrogens is 226 g/mol. The molecule has 0 saturated heterocycles. The van der Waals surface area contributed by atoms with Crippen LogP contribution in [0.25, 0.3) is 0 Å². The van der Waals surface area contributed by atoms with E-state index in [1.54, 1.807) is 0 Å². The van der Waals surface area contributed by atoms with E-state index in [1.807, 2.05) is 11.8 Å². The van der Waals surface area contributed by atoms with Crippen molar-refractivity contribution in [2.45, 2.75) is 50.2 Å². The molecule has 2 unspecified atom stereocenters. The summed E-state index contributed by atoms with van der Waals surface area (Å²) in [5.41, 5.74) is 8.13. The number of rotatable bonds is 3. The summed E-state index contributed by atoms with van der Waals surface area (Å²) < 4.78 is 0. The van der Waals surface area contributed by atoms with E-state index in [-0.39, 0.29) is 0 Å². The van der Waals surface area contributed by atoms with Crippen LogP contribution in [0.2, 0.25) is 0 Å². The van der Waals surface area contributed by atoms with Gasteiger partial charge in [-0.05, 0) is 30.2 Å². The van der Waals surface area contributed by atoms with Gasteiger partial charge in [0.2, 0.25) is 0 Å². The zero-order valence-corrected chi connectivity index (χ0v) is 11.7. The maximum Gasteiger partial charge on any atom is 0.0207 e. The molecule has 1 aliphatic carbocycles. The fraction of sp³-hybridized carbons (Fsp3) is 0.600. The van der Waals surface area contributed by atoms with E-state index < -0.39 is 0 Å². The van der Waals surface area contributed by atoms with Crippen molar-refractivity contribution in [3.8, 4) is 0 Å². The molecule has 94 valence electrons. The Labute approximate surface area is 109 Å². The highest BCUT2D eigenvalue weighted by molar-refractivity contribution is 7.99. The van der Waals surface area contributed by atoms with Gasteiger partial charge < -0.3 is 5.73 Å². The van der Waals surface area contributed by atoms with E-state index in [0.717, 1.165) is 5.75 Å². The van der Waals surface area contributed by atoms with Crippen LogP contribution in [0, 0.1) is 5.41 Å². The molecule has 1 aliphatic rings. The first-order valence-electron chi connectivity index (χ1n) is 6.48. The van der Waals surface area contributed by atoms with Crippen molar-refractivity contribution in [1.82, 2.24) is 0 Å². The molecule has 0 bridgehead atoms. The lowest BCUT2D eigenvalue weighted by Crippen LogP contribution is -2.41. The number of nitrogens with two attached hydrogens (primary N) is 1. The molecule has 2 atom stereocenters. The Morgan fingerprint density at radius 1 is 1.29 bits per heavy atom. The lowest BCUT2D eigenvalue weighted by atomic mass is 9.75. The van der Waals surface area contributed by atoms with Crippen LogP contribution in [0.5, 0.6) is 0 Å². The van der Waals surface area contributed by atoms with Crippen molar-refractivity contribution in [3.05, 3.63) is 35.9 Å². The molecule has 1 fully saturated rings. The fourth-order valence-electron chi connectivity index (χ4n) is 2.50. The molecule has 0 amide bonds. The van der Waals surface area contributed by atoms with Crippen molar-refractivity contribution in [3.63, 3.8) is 0 Å². The highest BCUT2D eigenvalue weighted by Crippen LogP contribution is 2.40. The van der Waals surface area contributed by atoms with Gasteiger partial charge in [0.05, 0.1) is 0 Å². The van der Waals surface area contributed by atoms with Crippen LogP contribution in [-0.4, -0.2) is 11.3 Å². The number of thioether (sulfide) groups is 1. The Kier molecular flexibility index (Phi) is 4.16. The second-order valence-electron chi connectivity index (χ2n) is 5.91. The first-order valence-corrected chi connectivity index (χ1v) is 7.53. The topological polar surface area (TPSA) is 26.0 Å². The van der Waals surface area contributed by atoms with Crippen LogP contribution < -0.4 is 5.73 Å². The lowest BCUT2D eigenvalue weighted by Gasteiger charge is -2.38. The maximum absolute atomic E-state index is 6.24. The predicted molar refractivity (Wildman–Crippen MR) is 77.1 cm³/mol. The Hall–Kier alpha value is -0.470. The molecule has 0 aliphatic heterocycles. The zero-order chi connectivity index (χ0) is 12.3. The molecule has 1 aromatic carbocycles. The molecule has 0 heterocycles. The van der Waals surface area contributed by atoms with Gasteiger partial charge in [-0.1, -0.05) is 44.2 Å². The molecule has 2 heteroatoms. The SMILES string of the molecule is CC1(C)CCC(N)C(SCc2ccccc2)C1. The zero-order valence-electron chi connectivity index (χ0n) is 10.9. The van der Waals surface area contributed by atoms with E-state index >= 15 is 0 Å². The van der Waals surface area contributed by atoms with Crippen LogP contribution in [0.3, 0.4) is 0 Å². The fourth-order valence-corrected chi connectivity index (χ4v) is 4.05. The minimum atomic E-state index is 0.386. The quantitative estimate of drug-likeness (QED) is 0.881. The van der Waals surface area contributed by atoms with Crippen molar-refractivity contribution in [2.24, 2.45) is 11.1 Å². The van der Waals surface area contributed by atoms with Gasteiger partial charge in [-0.2, -0.15) is 11.8 Å². The minimum Gasteiger partial charge on any atom is -0.327 e. The molecule has 0 spiro atoms. The third-order valence-corrected chi connectivity index (χ3v) is 5.14. The average Bonchev–Trinajstić information content (AvgIpc) is 2.32. The maximum atomic E-state index is 6.24. The lowest BCUT2D eigenvalue weighted by molar-refractivity contribution is 0.232. The molecule has 17 heavy (non-hydrogen) atoms. The smallest absolute Gasteiger partial charge is 0.0207 e. The van der Waals surface area contributed by atoms with Gasteiger partial charge in [0.25, 0.3) is 0 Å². The molecule has 2 rings (SSSR count). The number of benzene rings is 1. The molecule has 1 aromatic rings. The number of hydrogen-bond donors (Lipinski definition) is 1. The van der Waals surface area contributed by atoms with E-state index in [1.165, 1.54) is 24.8 Å². The number of hydrogen-bond acceptors (Lipinski definition) is 2. The van der Waals surface area contributed by atoms with Gasteiger partial charge in [-0.15, -0.1) is 0 Å².